The molecule has 0 spiro atoms. The number of alkyl halides is 3. The molecule has 1 aromatic carbocycles. The zero-order chi connectivity index (χ0) is 11.6. The first-order valence-electron chi connectivity index (χ1n) is 4.19. The molecule has 0 heterocycles. The van der Waals surface area contributed by atoms with E-state index in [1.54, 1.807) is 0 Å². The maximum atomic E-state index is 12.4. The maximum absolute atomic E-state index is 12.4. The fourth-order valence-corrected chi connectivity index (χ4v) is 1.41. The van der Waals surface area contributed by atoms with Crippen LogP contribution in [-0.2, 0) is 0 Å². The van der Waals surface area contributed by atoms with Gasteiger partial charge in [-0.05, 0) is 19.1 Å². The Hall–Kier alpha value is -0.670. The van der Waals surface area contributed by atoms with Crippen molar-refractivity contribution in [2.45, 2.75) is 18.7 Å². The van der Waals surface area contributed by atoms with E-state index < -0.39 is 17.6 Å². The van der Waals surface area contributed by atoms with Crippen LogP contribution in [0.25, 0.3) is 0 Å². The van der Waals surface area contributed by atoms with Gasteiger partial charge in [0.15, 0.2) is 5.78 Å². The fraction of sp³-hybridized carbons (Fsp3) is 0.300. The summed E-state index contributed by atoms with van der Waals surface area (Å²) in [5.41, 5.74) is -0.197. The van der Waals surface area contributed by atoms with Gasteiger partial charge in [0.1, 0.15) is 0 Å². The van der Waals surface area contributed by atoms with Gasteiger partial charge in [0.25, 0.3) is 6.43 Å². The highest BCUT2D eigenvalue weighted by Crippen LogP contribution is 2.26. The largest absolute Gasteiger partial charge is 0.292 e. The quantitative estimate of drug-likeness (QED) is 0.585. The standard InChI is InChI=1S/C10H8Cl2F2O/c1-5(11)9(15)7-4-6(10(13)14)2-3-8(7)12/h2-5,10H,1H3. The van der Waals surface area contributed by atoms with Crippen molar-refractivity contribution in [2.75, 3.05) is 0 Å². The van der Waals surface area contributed by atoms with E-state index >= 15 is 0 Å². The highest BCUT2D eigenvalue weighted by atomic mass is 35.5. The van der Waals surface area contributed by atoms with Crippen molar-refractivity contribution in [2.24, 2.45) is 0 Å². The van der Waals surface area contributed by atoms with Crippen LogP contribution in [0.3, 0.4) is 0 Å². The average Bonchev–Trinajstić information content (AvgIpc) is 2.16. The van der Waals surface area contributed by atoms with E-state index in [9.17, 15) is 13.6 Å². The summed E-state index contributed by atoms with van der Waals surface area (Å²) in [5.74, 6) is -0.454. The summed E-state index contributed by atoms with van der Waals surface area (Å²) < 4.78 is 24.7. The molecule has 0 fully saturated rings. The highest BCUT2D eigenvalue weighted by molar-refractivity contribution is 6.38. The number of halogens is 4. The number of ketones is 1. The molecule has 1 rings (SSSR count). The highest BCUT2D eigenvalue weighted by Gasteiger charge is 2.18. The topological polar surface area (TPSA) is 17.1 Å². The van der Waals surface area contributed by atoms with Crippen LogP contribution in [0.15, 0.2) is 18.2 Å². The van der Waals surface area contributed by atoms with Crippen molar-refractivity contribution in [3.63, 3.8) is 0 Å². The summed E-state index contributed by atoms with van der Waals surface area (Å²) in [7, 11) is 0. The smallest absolute Gasteiger partial charge is 0.263 e. The van der Waals surface area contributed by atoms with Crippen LogP contribution in [0.1, 0.15) is 29.3 Å². The van der Waals surface area contributed by atoms with Gasteiger partial charge in [-0.1, -0.05) is 17.7 Å². The number of carbonyl (C=O) groups excluding carboxylic acids is 1. The molecule has 1 atom stereocenters. The molecule has 0 saturated carbocycles. The van der Waals surface area contributed by atoms with Gasteiger partial charge in [-0.2, -0.15) is 0 Å². The third kappa shape index (κ3) is 2.89. The van der Waals surface area contributed by atoms with Crippen molar-refractivity contribution in [3.05, 3.63) is 34.3 Å². The summed E-state index contributed by atoms with van der Waals surface area (Å²) in [6.07, 6.45) is -2.63. The van der Waals surface area contributed by atoms with Crippen molar-refractivity contribution in [1.82, 2.24) is 0 Å². The minimum atomic E-state index is -2.63. The van der Waals surface area contributed by atoms with Crippen LogP contribution in [0, 0.1) is 0 Å². The average molecular weight is 253 g/mol. The summed E-state index contributed by atoms with van der Waals surface area (Å²) in [6.45, 7) is 1.47. The lowest BCUT2D eigenvalue weighted by Crippen LogP contribution is -2.11. The first-order chi connectivity index (χ1) is 6.93. The van der Waals surface area contributed by atoms with E-state index in [0.717, 1.165) is 6.07 Å². The third-order valence-corrected chi connectivity index (χ3v) is 2.40. The first-order valence-corrected chi connectivity index (χ1v) is 5.00. The van der Waals surface area contributed by atoms with Gasteiger partial charge in [0.05, 0.1) is 10.4 Å². The zero-order valence-electron chi connectivity index (χ0n) is 7.81. The van der Waals surface area contributed by atoms with Gasteiger partial charge in [0, 0.05) is 11.1 Å². The molecular formula is C10H8Cl2F2O. The van der Waals surface area contributed by atoms with Crippen LogP contribution >= 0.6 is 23.2 Å². The normalized spacial score (nSPS) is 12.9. The Morgan fingerprint density at radius 2 is 2.00 bits per heavy atom. The van der Waals surface area contributed by atoms with Gasteiger partial charge in [-0.25, -0.2) is 8.78 Å². The number of hydrogen-bond acceptors (Lipinski definition) is 1. The Morgan fingerprint density at radius 1 is 1.40 bits per heavy atom. The number of benzene rings is 1. The molecule has 0 bridgehead atoms. The monoisotopic (exact) mass is 252 g/mol. The molecule has 0 aliphatic rings. The zero-order valence-corrected chi connectivity index (χ0v) is 9.32. The number of carbonyl (C=O) groups is 1. The Morgan fingerprint density at radius 3 is 2.47 bits per heavy atom. The molecule has 0 aliphatic heterocycles. The second kappa shape index (κ2) is 4.90. The molecule has 0 saturated heterocycles. The first kappa shape index (κ1) is 12.4. The molecule has 0 aromatic heterocycles. The van der Waals surface area contributed by atoms with Gasteiger partial charge in [-0.3, -0.25) is 4.79 Å². The van der Waals surface area contributed by atoms with Crippen molar-refractivity contribution >= 4 is 29.0 Å². The minimum absolute atomic E-state index is 0.0389. The number of Topliss-reactive ketones (excluding diaryl/α,β-unsaturated/α-hetero) is 1. The minimum Gasteiger partial charge on any atom is -0.292 e. The molecule has 0 radical (unpaired) electrons. The van der Waals surface area contributed by atoms with Gasteiger partial charge in [0.2, 0.25) is 0 Å². The molecule has 82 valence electrons. The lowest BCUT2D eigenvalue weighted by Gasteiger charge is -2.07. The molecule has 0 aliphatic carbocycles. The van der Waals surface area contributed by atoms with Crippen LogP contribution in [0.2, 0.25) is 5.02 Å². The third-order valence-electron chi connectivity index (χ3n) is 1.87. The predicted molar refractivity (Wildman–Crippen MR) is 56.1 cm³/mol. The predicted octanol–water partition coefficient (Wildman–Crippen LogP) is 4.09. The Bertz CT molecular complexity index is 378. The van der Waals surface area contributed by atoms with E-state index in [0.29, 0.717) is 0 Å². The van der Waals surface area contributed by atoms with Crippen LogP contribution in [0.4, 0.5) is 8.78 Å². The number of hydrogen-bond donors (Lipinski definition) is 0. The van der Waals surface area contributed by atoms with Crippen LogP contribution in [0.5, 0.6) is 0 Å². The van der Waals surface area contributed by atoms with Crippen LogP contribution < -0.4 is 0 Å². The summed E-state index contributed by atoms with van der Waals surface area (Å²) in [4.78, 5) is 11.5. The van der Waals surface area contributed by atoms with E-state index in [4.69, 9.17) is 23.2 Å². The molecule has 1 unspecified atom stereocenters. The Balaban J connectivity index is 3.16. The fourth-order valence-electron chi connectivity index (χ4n) is 1.08. The summed E-state index contributed by atoms with van der Waals surface area (Å²) in [5, 5.41) is -0.646. The molecule has 1 nitrogen and oxygen atoms in total. The van der Waals surface area contributed by atoms with Gasteiger partial charge in [-0.15, -0.1) is 11.6 Å². The molecule has 1 aromatic rings. The van der Waals surface area contributed by atoms with E-state index in [1.165, 1.54) is 19.1 Å². The molecule has 0 N–H and O–H groups in total. The van der Waals surface area contributed by atoms with E-state index in [2.05, 4.69) is 0 Å². The van der Waals surface area contributed by atoms with Gasteiger partial charge < -0.3 is 0 Å². The summed E-state index contributed by atoms with van der Waals surface area (Å²) in [6, 6.07) is 3.53. The van der Waals surface area contributed by atoms with E-state index in [1.807, 2.05) is 0 Å². The second-order valence-electron chi connectivity index (χ2n) is 3.02. The van der Waals surface area contributed by atoms with Gasteiger partial charge >= 0.3 is 0 Å². The Labute approximate surface area is 96.0 Å². The number of rotatable bonds is 3. The molecule has 0 amide bonds. The SMILES string of the molecule is CC(Cl)C(=O)c1cc(C(F)F)ccc1Cl. The molecule has 15 heavy (non-hydrogen) atoms. The van der Waals surface area contributed by atoms with Crippen molar-refractivity contribution in [1.29, 1.82) is 0 Å². The lowest BCUT2D eigenvalue weighted by atomic mass is 10.1. The van der Waals surface area contributed by atoms with Crippen molar-refractivity contribution in [3.8, 4) is 0 Å². The van der Waals surface area contributed by atoms with Crippen LogP contribution in [-0.4, -0.2) is 11.2 Å². The summed E-state index contributed by atoms with van der Waals surface area (Å²) >= 11 is 11.3. The Kier molecular flexibility index (Phi) is 4.05. The maximum Gasteiger partial charge on any atom is 0.263 e. The van der Waals surface area contributed by atoms with E-state index in [-0.39, 0.29) is 16.1 Å². The second-order valence-corrected chi connectivity index (χ2v) is 4.08. The lowest BCUT2D eigenvalue weighted by molar-refractivity contribution is 0.0991. The molecule has 5 heteroatoms. The van der Waals surface area contributed by atoms with Crippen molar-refractivity contribution < 1.29 is 13.6 Å². The molecular weight excluding hydrogens is 245 g/mol.